The number of carbonyl (C=O) groups excluding carboxylic acids is 2. The molecule has 8 nitrogen and oxygen atoms in total. The molecular weight excluding hydrogens is 540 g/mol. The van der Waals surface area contributed by atoms with Gasteiger partial charge in [0.1, 0.15) is 22.7 Å². The van der Waals surface area contributed by atoms with Gasteiger partial charge in [-0.15, -0.1) is 0 Å². The second-order valence-electron chi connectivity index (χ2n) is 11.2. The van der Waals surface area contributed by atoms with E-state index in [-0.39, 0.29) is 23.6 Å². The number of carbonyl (C=O) groups is 2. The third-order valence-electron chi connectivity index (χ3n) is 7.90. The first-order valence-electron chi connectivity index (χ1n) is 13.8. The molecule has 1 saturated carbocycles. The van der Waals surface area contributed by atoms with E-state index in [1.807, 2.05) is 55.7 Å². The maximum atomic E-state index is 13.6. The Labute approximate surface area is 244 Å². The maximum Gasteiger partial charge on any atom is 0.274 e. The molecule has 2 aromatic heterocycles. The van der Waals surface area contributed by atoms with Crippen molar-refractivity contribution in [1.82, 2.24) is 14.5 Å². The number of halogens is 1. The first kappa shape index (κ1) is 28.5. The third kappa shape index (κ3) is 5.61. The molecule has 2 amide bonds. The van der Waals surface area contributed by atoms with E-state index in [2.05, 4.69) is 5.32 Å². The second-order valence-corrected chi connectivity index (χ2v) is 11.6. The highest BCUT2D eigenvalue weighted by molar-refractivity contribution is 6.30. The normalized spacial score (nSPS) is 17.0. The number of ether oxygens (including phenoxy) is 1. The summed E-state index contributed by atoms with van der Waals surface area (Å²) in [7, 11) is 1.72. The van der Waals surface area contributed by atoms with Crippen LogP contribution in [0.15, 0.2) is 47.4 Å². The summed E-state index contributed by atoms with van der Waals surface area (Å²) in [6, 6.07) is 11.4. The van der Waals surface area contributed by atoms with Crippen LogP contribution in [0.25, 0.3) is 22.0 Å². The third-order valence-corrected chi connectivity index (χ3v) is 8.12. The Hall–Kier alpha value is -4.04. The van der Waals surface area contributed by atoms with Crippen molar-refractivity contribution >= 4 is 34.3 Å². The van der Waals surface area contributed by atoms with E-state index >= 15 is 0 Å². The quantitative estimate of drug-likeness (QED) is 0.290. The van der Waals surface area contributed by atoms with Crippen LogP contribution in [0.5, 0.6) is 11.5 Å². The minimum absolute atomic E-state index is 0.0564. The zero-order valence-corrected chi connectivity index (χ0v) is 24.8. The van der Waals surface area contributed by atoms with Gasteiger partial charge in [-0.05, 0) is 99.0 Å². The molecule has 41 heavy (non-hydrogen) atoms. The number of amides is 2. The molecule has 9 heteroatoms. The zero-order valence-electron chi connectivity index (χ0n) is 24.0. The van der Waals surface area contributed by atoms with Crippen LogP contribution in [-0.2, 0) is 11.8 Å². The van der Waals surface area contributed by atoms with Crippen molar-refractivity contribution in [2.75, 3.05) is 0 Å². The van der Waals surface area contributed by atoms with Gasteiger partial charge in [-0.1, -0.05) is 17.7 Å². The Kier molecular flexibility index (Phi) is 7.70. The average molecular weight is 575 g/mol. The lowest BCUT2D eigenvalue weighted by Crippen LogP contribution is -2.37. The molecule has 3 N–H and O–H groups in total. The largest absolute Gasteiger partial charge is 0.457 e. The topological polar surface area (TPSA) is 108 Å². The van der Waals surface area contributed by atoms with Gasteiger partial charge in [0.25, 0.3) is 11.5 Å². The summed E-state index contributed by atoms with van der Waals surface area (Å²) in [5, 5.41) is 4.31. The average Bonchev–Trinajstić information content (AvgIpc) is 3.29. The predicted octanol–water partition coefficient (Wildman–Crippen LogP) is 6.10. The van der Waals surface area contributed by atoms with E-state index in [9.17, 15) is 14.4 Å². The number of nitrogens with one attached hydrogen (secondary N) is 1. The van der Waals surface area contributed by atoms with E-state index < -0.39 is 5.91 Å². The Bertz CT molecular complexity index is 1720. The molecule has 214 valence electrons. The minimum Gasteiger partial charge on any atom is -0.457 e. The van der Waals surface area contributed by atoms with Crippen LogP contribution in [0, 0.1) is 20.8 Å². The van der Waals surface area contributed by atoms with Crippen LogP contribution in [0.3, 0.4) is 0 Å². The Morgan fingerprint density at radius 1 is 1.00 bits per heavy atom. The number of fused-ring (bicyclic) bond motifs is 1. The number of hydrogen-bond acceptors (Lipinski definition) is 4. The van der Waals surface area contributed by atoms with Gasteiger partial charge in [0, 0.05) is 48.2 Å². The number of aromatic nitrogens is 2. The van der Waals surface area contributed by atoms with Crippen molar-refractivity contribution in [1.29, 1.82) is 0 Å². The van der Waals surface area contributed by atoms with E-state index in [1.54, 1.807) is 23.9 Å². The molecule has 0 aliphatic heterocycles. The van der Waals surface area contributed by atoms with Crippen LogP contribution in [0.4, 0.5) is 0 Å². The van der Waals surface area contributed by atoms with Gasteiger partial charge in [-0.2, -0.15) is 0 Å². The Morgan fingerprint density at radius 2 is 1.66 bits per heavy atom. The number of primary amides is 1. The molecule has 0 saturated heterocycles. The molecular formula is C32H35ClN4O4. The Balaban J connectivity index is 1.62. The fourth-order valence-electron chi connectivity index (χ4n) is 6.14. The van der Waals surface area contributed by atoms with Crippen LogP contribution >= 0.6 is 11.6 Å². The molecule has 0 unspecified atom stereocenters. The molecule has 0 spiro atoms. The zero-order chi connectivity index (χ0) is 29.6. The second kappa shape index (κ2) is 11.1. The first-order valence-corrected chi connectivity index (χ1v) is 14.2. The van der Waals surface area contributed by atoms with Crippen LogP contribution < -0.4 is 21.3 Å². The van der Waals surface area contributed by atoms with Gasteiger partial charge in [0.15, 0.2) is 0 Å². The maximum absolute atomic E-state index is 13.6. The van der Waals surface area contributed by atoms with Crippen LogP contribution in [0.2, 0.25) is 5.02 Å². The minimum atomic E-state index is -0.583. The number of nitrogens with two attached hydrogens (primary N) is 1. The van der Waals surface area contributed by atoms with Gasteiger partial charge in [-0.3, -0.25) is 14.4 Å². The van der Waals surface area contributed by atoms with Gasteiger partial charge < -0.3 is 24.9 Å². The molecule has 4 aromatic rings. The number of nitrogens with zero attached hydrogens (tertiary/aromatic N) is 2. The van der Waals surface area contributed by atoms with E-state index in [0.29, 0.717) is 40.2 Å². The highest BCUT2D eigenvalue weighted by atomic mass is 35.5. The monoisotopic (exact) mass is 574 g/mol. The fourth-order valence-corrected chi connectivity index (χ4v) is 6.47. The van der Waals surface area contributed by atoms with Crippen molar-refractivity contribution in [2.45, 2.75) is 65.5 Å². The molecule has 2 aromatic carbocycles. The summed E-state index contributed by atoms with van der Waals surface area (Å²) < 4.78 is 9.76. The molecule has 5 rings (SSSR count). The number of pyridine rings is 1. The van der Waals surface area contributed by atoms with Crippen molar-refractivity contribution in [3.05, 3.63) is 80.4 Å². The molecule has 1 fully saturated rings. The molecule has 0 radical (unpaired) electrons. The van der Waals surface area contributed by atoms with Gasteiger partial charge in [0.05, 0.1) is 0 Å². The number of rotatable bonds is 6. The van der Waals surface area contributed by atoms with E-state index in [0.717, 1.165) is 46.4 Å². The standard InChI is InChI=1S/C32H35ClN4O4/c1-17-10-21(14-25(11-17)41-30-18(2)12-22(33)13-19(30)3)27-16-36(5)32(40)29-26(27)15-28(31(34)39)37(29)24-8-6-23(7-9-24)35-20(4)38/h10-16,23-24H,6-9H2,1-5H3,(H2,34,39)(H,35,38). The summed E-state index contributed by atoms with van der Waals surface area (Å²) in [6.07, 6.45) is 4.73. The van der Waals surface area contributed by atoms with Gasteiger partial charge >= 0.3 is 0 Å². The summed E-state index contributed by atoms with van der Waals surface area (Å²) in [5.41, 5.74) is 10.9. The summed E-state index contributed by atoms with van der Waals surface area (Å²) in [5.74, 6) is 0.759. The molecule has 0 atom stereocenters. The summed E-state index contributed by atoms with van der Waals surface area (Å²) in [6.45, 7) is 7.42. The number of benzene rings is 2. The smallest absolute Gasteiger partial charge is 0.274 e. The van der Waals surface area contributed by atoms with Crippen molar-refractivity contribution < 1.29 is 14.3 Å². The van der Waals surface area contributed by atoms with Crippen LogP contribution in [0.1, 0.15) is 65.8 Å². The van der Waals surface area contributed by atoms with Gasteiger partial charge in [0.2, 0.25) is 5.91 Å². The summed E-state index contributed by atoms with van der Waals surface area (Å²) >= 11 is 6.22. The van der Waals surface area contributed by atoms with Crippen molar-refractivity contribution in [2.24, 2.45) is 12.8 Å². The SMILES string of the molecule is CC(=O)NC1CCC(n2c(C(N)=O)cc3c(-c4cc(C)cc(Oc5c(C)cc(Cl)cc5C)c4)cn(C)c(=O)c32)CC1. The summed E-state index contributed by atoms with van der Waals surface area (Å²) in [4.78, 5) is 37.8. The van der Waals surface area contributed by atoms with Crippen molar-refractivity contribution in [3.8, 4) is 22.6 Å². The molecule has 0 bridgehead atoms. The molecule has 1 aliphatic rings. The van der Waals surface area contributed by atoms with E-state index in [4.69, 9.17) is 22.1 Å². The lowest BCUT2D eigenvalue weighted by atomic mass is 9.90. The highest BCUT2D eigenvalue weighted by Crippen LogP contribution is 2.38. The number of aryl methyl sites for hydroxylation is 4. The number of hydrogen-bond donors (Lipinski definition) is 2. The van der Waals surface area contributed by atoms with Gasteiger partial charge in [-0.25, -0.2) is 0 Å². The fraction of sp³-hybridized carbons (Fsp3) is 0.344. The van der Waals surface area contributed by atoms with Crippen LogP contribution in [-0.4, -0.2) is 27.0 Å². The Morgan fingerprint density at radius 3 is 2.27 bits per heavy atom. The predicted molar refractivity (Wildman–Crippen MR) is 162 cm³/mol. The van der Waals surface area contributed by atoms with Crippen molar-refractivity contribution in [3.63, 3.8) is 0 Å². The van der Waals surface area contributed by atoms with E-state index in [1.165, 1.54) is 6.92 Å². The molecule has 2 heterocycles. The lowest BCUT2D eigenvalue weighted by Gasteiger charge is -2.31. The lowest BCUT2D eigenvalue weighted by molar-refractivity contribution is -0.119. The first-order chi connectivity index (χ1) is 19.4. The highest BCUT2D eigenvalue weighted by Gasteiger charge is 2.29. The molecule has 1 aliphatic carbocycles.